The number of para-hydroxylation sites is 2. The monoisotopic (exact) mass is 538 g/mol. The maximum atomic E-state index is 2.52. The number of anilines is 2. The van der Waals surface area contributed by atoms with Crippen LogP contribution in [-0.4, -0.2) is 4.57 Å². The minimum atomic E-state index is 0.292. The van der Waals surface area contributed by atoms with E-state index in [-0.39, 0.29) is 0 Å². The summed E-state index contributed by atoms with van der Waals surface area (Å²) in [5, 5.41) is 6.67. The maximum Gasteiger partial charge on any atom is 0.0537 e. The lowest BCUT2D eigenvalue weighted by Gasteiger charge is -2.27. The van der Waals surface area contributed by atoms with E-state index >= 15 is 0 Å². The first-order valence-corrected chi connectivity index (χ1v) is 15.0. The molecule has 2 nitrogen and oxygen atoms in total. The predicted molar refractivity (Wildman–Crippen MR) is 177 cm³/mol. The van der Waals surface area contributed by atoms with Gasteiger partial charge in [0.05, 0.1) is 16.9 Å². The molecule has 0 amide bonds. The maximum absolute atomic E-state index is 2.52. The number of rotatable bonds is 3. The fraction of sp³-hybridized carbons (Fsp3) is 0.100. The van der Waals surface area contributed by atoms with E-state index in [1.165, 1.54) is 77.6 Å². The second-order valence-corrected chi connectivity index (χ2v) is 11.6. The van der Waals surface area contributed by atoms with Crippen molar-refractivity contribution in [1.82, 2.24) is 4.57 Å². The van der Waals surface area contributed by atoms with Crippen molar-refractivity contribution in [2.45, 2.75) is 25.7 Å². The van der Waals surface area contributed by atoms with Crippen molar-refractivity contribution < 1.29 is 0 Å². The fourth-order valence-corrected chi connectivity index (χ4v) is 7.63. The number of aromatic nitrogens is 1. The van der Waals surface area contributed by atoms with Gasteiger partial charge in [0.1, 0.15) is 0 Å². The minimum absolute atomic E-state index is 0.292. The normalized spacial score (nSPS) is 15.6. The van der Waals surface area contributed by atoms with Gasteiger partial charge in [-0.3, -0.25) is 0 Å². The van der Waals surface area contributed by atoms with Crippen LogP contribution in [0.2, 0.25) is 0 Å². The molecular formula is C40H30N2. The molecule has 2 heterocycles. The van der Waals surface area contributed by atoms with Crippen LogP contribution in [0, 0.1) is 0 Å². The number of fused-ring (bicyclic) bond motifs is 9. The highest BCUT2D eigenvalue weighted by molar-refractivity contribution is 6.00. The Morgan fingerprint density at radius 2 is 1.36 bits per heavy atom. The third kappa shape index (κ3) is 3.27. The van der Waals surface area contributed by atoms with Gasteiger partial charge in [-0.25, -0.2) is 0 Å². The van der Waals surface area contributed by atoms with Crippen LogP contribution in [0.4, 0.5) is 11.4 Å². The molecule has 0 saturated heterocycles. The predicted octanol–water partition coefficient (Wildman–Crippen LogP) is 10.3. The van der Waals surface area contributed by atoms with Gasteiger partial charge in [0.15, 0.2) is 0 Å². The molecule has 0 N–H and O–H groups in total. The van der Waals surface area contributed by atoms with Crippen LogP contribution in [0.3, 0.4) is 0 Å². The average molecular weight is 539 g/mol. The number of hydrogen-bond acceptors (Lipinski definition) is 1. The largest absolute Gasteiger partial charge is 0.313 e. The molecule has 1 aliphatic heterocycles. The Bertz CT molecular complexity index is 2220. The van der Waals surface area contributed by atoms with Crippen LogP contribution >= 0.6 is 0 Å². The SMILES string of the molecule is CCc1cc(-n2c3c(c4ccccc42)CC2C(=C3)N(c3ccccc3)c3ccc4ccccc4c32)cc2ccccc12. The highest BCUT2D eigenvalue weighted by Crippen LogP contribution is 2.55. The van der Waals surface area contributed by atoms with E-state index in [9.17, 15) is 0 Å². The number of benzene rings is 6. The average Bonchev–Trinajstić information content (AvgIpc) is 3.55. The lowest BCUT2D eigenvalue weighted by atomic mass is 9.84. The highest BCUT2D eigenvalue weighted by Gasteiger charge is 2.40. The molecule has 1 atom stereocenters. The second-order valence-electron chi connectivity index (χ2n) is 11.6. The summed E-state index contributed by atoms with van der Waals surface area (Å²) < 4.78 is 2.52. The van der Waals surface area contributed by atoms with Crippen molar-refractivity contribution in [2.24, 2.45) is 0 Å². The Balaban J connectivity index is 1.35. The molecule has 7 aromatic rings. The molecule has 9 rings (SSSR count). The summed E-state index contributed by atoms with van der Waals surface area (Å²) in [6.07, 6.45) is 4.47. The van der Waals surface area contributed by atoms with Crippen LogP contribution in [0.1, 0.15) is 35.2 Å². The third-order valence-electron chi connectivity index (χ3n) is 9.45. The van der Waals surface area contributed by atoms with Crippen molar-refractivity contribution in [3.63, 3.8) is 0 Å². The van der Waals surface area contributed by atoms with Crippen molar-refractivity contribution in [3.05, 3.63) is 155 Å². The molecule has 1 unspecified atom stereocenters. The van der Waals surface area contributed by atoms with E-state index in [0.29, 0.717) is 5.92 Å². The van der Waals surface area contributed by atoms with Crippen molar-refractivity contribution in [1.29, 1.82) is 0 Å². The van der Waals surface area contributed by atoms with E-state index in [4.69, 9.17) is 0 Å². The van der Waals surface area contributed by atoms with Gasteiger partial charge in [0, 0.05) is 28.4 Å². The minimum Gasteiger partial charge on any atom is -0.313 e. The first-order chi connectivity index (χ1) is 20.8. The summed E-state index contributed by atoms with van der Waals surface area (Å²) in [6, 6.07) is 47.0. The van der Waals surface area contributed by atoms with E-state index in [2.05, 4.69) is 150 Å². The lowest BCUT2D eigenvalue weighted by Crippen LogP contribution is -2.18. The van der Waals surface area contributed by atoms with Gasteiger partial charge in [-0.2, -0.15) is 0 Å². The van der Waals surface area contributed by atoms with Gasteiger partial charge in [0.2, 0.25) is 0 Å². The van der Waals surface area contributed by atoms with Crippen LogP contribution in [-0.2, 0) is 12.8 Å². The highest BCUT2D eigenvalue weighted by atomic mass is 15.2. The Morgan fingerprint density at radius 1 is 0.643 bits per heavy atom. The number of aryl methyl sites for hydroxylation is 1. The standard InChI is InChI=1S/C40H30N2/c1-2-26-22-30(23-28-13-7-8-16-31(26)28)42-36-19-11-10-18-33(36)34-24-35-39(25-38(34)42)41(29-14-4-3-5-15-29)37-21-20-27-12-6-9-17-32(27)40(35)37/h3-23,25,35H,2,24H2,1H3. The van der Waals surface area contributed by atoms with Crippen LogP contribution in [0.5, 0.6) is 0 Å². The summed E-state index contributed by atoms with van der Waals surface area (Å²) in [7, 11) is 0. The zero-order valence-electron chi connectivity index (χ0n) is 23.6. The molecular weight excluding hydrogens is 508 g/mol. The van der Waals surface area contributed by atoms with Gasteiger partial charge < -0.3 is 9.47 Å². The van der Waals surface area contributed by atoms with Crippen LogP contribution in [0.15, 0.2) is 133 Å². The number of nitrogens with zero attached hydrogens (tertiary/aromatic N) is 2. The van der Waals surface area contributed by atoms with Gasteiger partial charge >= 0.3 is 0 Å². The first kappa shape index (κ1) is 23.6. The van der Waals surface area contributed by atoms with Gasteiger partial charge in [0.25, 0.3) is 0 Å². The van der Waals surface area contributed by atoms with E-state index < -0.39 is 0 Å². The van der Waals surface area contributed by atoms with Crippen molar-refractivity contribution in [3.8, 4) is 5.69 Å². The van der Waals surface area contributed by atoms with Crippen molar-refractivity contribution in [2.75, 3.05) is 4.90 Å². The van der Waals surface area contributed by atoms with Gasteiger partial charge in [-0.05, 0) is 93.6 Å². The van der Waals surface area contributed by atoms with E-state index in [1.807, 2.05) is 0 Å². The molecule has 0 radical (unpaired) electrons. The second kappa shape index (κ2) is 8.96. The summed E-state index contributed by atoms with van der Waals surface area (Å²) in [6.45, 7) is 2.26. The van der Waals surface area contributed by atoms with Gasteiger partial charge in [-0.15, -0.1) is 0 Å². The zero-order chi connectivity index (χ0) is 27.8. The van der Waals surface area contributed by atoms with Gasteiger partial charge in [-0.1, -0.05) is 97.9 Å². The Morgan fingerprint density at radius 3 is 2.19 bits per heavy atom. The molecule has 1 aliphatic carbocycles. The molecule has 0 bridgehead atoms. The molecule has 0 spiro atoms. The van der Waals surface area contributed by atoms with E-state index in [1.54, 1.807) is 0 Å². The topological polar surface area (TPSA) is 8.17 Å². The Kier molecular flexibility index (Phi) is 5.04. The summed E-state index contributed by atoms with van der Waals surface area (Å²) in [4.78, 5) is 2.51. The lowest BCUT2D eigenvalue weighted by molar-refractivity contribution is 0.801. The molecule has 6 aromatic carbocycles. The van der Waals surface area contributed by atoms with E-state index in [0.717, 1.165) is 12.8 Å². The van der Waals surface area contributed by atoms with Crippen LogP contribution in [0.25, 0.3) is 44.2 Å². The number of allylic oxidation sites excluding steroid dienone is 1. The molecule has 0 saturated carbocycles. The summed E-state index contributed by atoms with van der Waals surface area (Å²) >= 11 is 0. The quantitative estimate of drug-likeness (QED) is 0.217. The Labute approximate surface area is 245 Å². The fourth-order valence-electron chi connectivity index (χ4n) is 7.63. The van der Waals surface area contributed by atoms with Crippen molar-refractivity contribution >= 4 is 49.9 Å². The molecule has 0 fully saturated rings. The molecule has 200 valence electrons. The third-order valence-corrected chi connectivity index (χ3v) is 9.45. The molecule has 2 aliphatic rings. The number of hydrogen-bond donors (Lipinski definition) is 0. The summed E-state index contributed by atoms with van der Waals surface area (Å²) in [5.41, 5.74) is 12.0. The van der Waals surface area contributed by atoms with Crippen LogP contribution < -0.4 is 4.90 Å². The Hall–Kier alpha value is -5.08. The first-order valence-electron chi connectivity index (χ1n) is 15.0. The smallest absolute Gasteiger partial charge is 0.0537 e. The molecule has 42 heavy (non-hydrogen) atoms. The summed E-state index contributed by atoms with van der Waals surface area (Å²) in [5.74, 6) is 0.292. The zero-order valence-corrected chi connectivity index (χ0v) is 23.6. The molecule has 2 heteroatoms. The molecule has 1 aromatic heterocycles.